The zero-order chi connectivity index (χ0) is 8.55. The second kappa shape index (κ2) is 3.32. The maximum Gasteiger partial charge on any atom is 0.0764 e. The predicted molar refractivity (Wildman–Crippen MR) is 48.2 cm³/mol. The van der Waals surface area contributed by atoms with Crippen molar-refractivity contribution in [1.29, 1.82) is 0 Å². The second-order valence-electron chi connectivity index (χ2n) is 4.17. The highest BCUT2D eigenvalue weighted by atomic mass is 16.5. The zero-order valence-corrected chi connectivity index (χ0v) is 7.84. The first-order valence-electron chi connectivity index (χ1n) is 4.85. The van der Waals surface area contributed by atoms with Crippen LogP contribution in [0.3, 0.4) is 0 Å². The summed E-state index contributed by atoms with van der Waals surface area (Å²) < 4.78 is 5.80. The number of piperazine rings is 1. The molecule has 2 rings (SSSR count). The first-order valence-corrected chi connectivity index (χ1v) is 4.85. The smallest absolute Gasteiger partial charge is 0.0764 e. The summed E-state index contributed by atoms with van der Waals surface area (Å²) in [5.74, 6) is 0.614. The Morgan fingerprint density at radius 2 is 2.17 bits per heavy atom. The summed E-state index contributed by atoms with van der Waals surface area (Å²) in [5, 5.41) is 7.03. The minimum absolute atomic E-state index is 0.397. The molecule has 0 amide bonds. The van der Waals surface area contributed by atoms with Crippen molar-refractivity contribution in [2.75, 3.05) is 19.7 Å². The zero-order valence-electron chi connectivity index (χ0n) is 7.84. The van der Waals surface area contributed by atoms with Gasteiger partial charge in [-0.2, -0.15) is 0 Å². The van der Waals surface area contributed by atoms with Crippen molar-refractivity contribution < 1.29 is 4.74 Å². The van der Waals surface area contributed by atoms with Crippen LogP contribution in [0.5, 0.6) is 0 Å². The number of rotatable bonds is 1. The van der Waals surface area contributed by atoms with Gasteiger partial charge in [-0.3, -0.25) is 0 Å². The third-order valence-electron chi connectivity index (χ3n) is 2.75. The van der Waals surface area contributed by atoms with E-state index in [0.717, 1.165) is 19.7 Å². The molecule has 0 saturated carbocycles. The molecule has 2 N–H and O–H groups in total. The highest BCUT2D eigenvalue weighted by molar-refractivity contribution is 4.93. The summed E-state index contributed by atoms with van der Waals surface area (Å²) in [7, 11) is 0. The van der Waals surface area contributed by atoms with E-state index in [1.807, 2.05) is 0 Å². The van der Waals surface area contributed by atoms with Crippen molar-refractivity contribution in [2.45, 2.75) is 32.0 Å². The lowest BCUT2D eigenvalue weighted by atomic mass is 9.95. The van der Waals surface area contributed by atoms with Crippen molar-refractivity contribution in [3.63, 3.8) is 0 Å². The fourth-order valence-electron chi connectivity index (χ4n) is 2.15. The fraction of sp³-hybridized carbons (Fsp3) is 1.00. The molecule has 2 aliphatic heterocycles. The highest BCUT2D eigenvalue weighted by Gasteiger charge is 2.34. The van der Waals surface area contributed by atoms with Crippen LogP contribution >= 0.6 is 0 Å². The van der Waals surface area contributed by atoms with Crippen LogP contribution in [-0.2, 0) is 4.74 Å². The van der Waals surface area contributed by atoms with Crippen LogP contribution in [0.15, 0.2) is 0 Å². The topological polar surface area (TPSA) is 33.3 Å². The number of nitrogens with one attached hydrogen (secondary N) is 2. The second-order valence-corrected chi connectivity index (χ2v) is 4.17. The Morgan fingerprint density at radius 3 is 2.92 bits per heavy atom. The molecule has 3 heteroatoms. The lowest BCUT2D eigenvalue weighted by Crippen LogP contribution is -2.66. The van der Waals surface area contributed by atoms with Gasteiger partial charge in [0, 0.05) is 25.2 Å². The largest absolute Gasteiger partial charge is 0.375 e. The molecule has 0 aliphatic carbocycles. The molecular formula is C9H18N2O. The van der Waals surface area contributed by atoms with E-state index < -0.39 is 0 Å². The molecule has 2 fully saturated rings. The number of fused-ring (bicyclic) bond motifs is 2. The Bertz CT molecular complexity index is 161. The standard InChI is InChI=1S/C9H18N2O/c1-6(2)9-8-4-10-3-7(11-8)5-12-9/h6-11H,3-5H2,1-2H3. The van der Waals surface area contributed by atoms with E-state index in [0.29, 0.717) is 24.1 Å². The average molecular weight is 170 g/mol. The van der Waals surface area contributed by atoms with Gasteiger partial charge in [-0.25, -0.2) is 0 Å². The molecule has 2 saturated heterocycles. The number of hydrogen-bond acceptors (Lipinski definition) is 3. The number of morpholine rings is 1. The maximum absolute atomic E-state index is 5.80. The van der Waals surface area contributed by atoms with E-state index in [2.05, 4.69) is 24.5 Å². The molecule has 3 nitrogen and oxygen atoms in total. The van der Waals surface area contributed by atoms with Crippen molar-refractivity contribution >= 4 is 0 Å². The van der Waals surface area contributed by atoms with Gasteiger partial charge in [0.05, 0.1) is 12.7 Å². The molecule has 2 aliphatic rings. The van der Waals surface area contributed by atoms with Gasteiger partial charge >= 0.3 is 0 Å². The summed E-state index contributed by atoms with van der Waals surface area (Å²) in [4.78, 5) is 0. The van der Waals surface area contributed by atoms with Crippen LogP contribution in [0.2, 0.25) is 0 Å². The van der Waals surface area contributed by atoms with E-state index >= 15 is 0 Å². The quantitative estimate of drug-likeness (QED) is 0.580. The van der Waals surface area contributed by atoms with Crippen LogP contribution in [0, 0.1) is 5.92 Å². The van der Waals surface area contributed by atoms with Crippen LogP contribution in [0.1, 0.15) is 13.8 Å². The maximum atomic E-state index is 5.80. The van der Waals surface area contributed by atoms with E-state index in [9.17, 15) is 0 Å². The van der Waals surface area contributed by atoms with Crippen molar-refractivity contribution in [3.8, 4) is 0 Å². The van der Waals surface area contributed by atoms with Crippen molar-refractivity contribution in [3.05, 3.63) is 0 Å². The summed E-state index contributed by atoms with van der Waals surface area (Å²) in [6.45, 7) is 7.43. The molecule has 0 aromatic carbocycles. The molecular weight excluding hydrogens is 152 g/mol. The van der Waals surface area contributed by atoms with Crippen LogP contribution < -0.4 is 10.6 Å². The molecule has 0 aromatic heterocycles. The van der Waals surface area contributed by atoms with Gasteiger partial charge in [-0.1, -0.05) is 13.8 Å². The van der Waals surface area contributed by atoms with Crippen LogP contribution in [0.4, 0.5) is 0 Å². The Balaban J connectivity index is 1.99. The fourth-order valence-corrected chi connectivity index (χ4v) is 2.15. The predicted octanol–water partition coefficient (Wildman–Crippen LogP) is -0.0288. The third kappa shape index (κ3) is 1.49. The molecule has 0 radical (unpaired) electrons. The summed E-state index contributed by atoms with van der Waals surface area (Å²) in [5.41, 5.74) is 0. The summed E-state index contributed by atoms with van der Waals surface area (Å²) >= 11 is 0. The van der Waals surface area contributed by atoms with Gasteiger partial charge in [-0.05, 0) is 5.92 Å². The Hall–Kier alpha value is -0.120. The Labute approximate surface area is 73.9 Å². The number of hydrogen-bond donors (Lipinski definition) is 2. The lowest BCUT2D eigenvalue weighted by Gasteiger charge is -2.43. The molecule has 3 unspecified atom stereocenters. The minimum atomic E-state index is 0.397. The Morgan fingerprint density at radius 1 is 1.33 bits per heavy atom. The third-order valence-corrected chi connectivity index (χ3v) is 2.75. The molecule has 2 bridgehead atoms. The van der Waals surface area contributed by atoms with Gasteiger partial charge < -0.3 is 15.4 Å². The lowest BCUT2D eigenvalue weighted by molar-refractivity contribution is -0.0611. The minimum Gasteiger partial charge on any atom is -0.375 e. The molecule has 12 heavy (non-hydrogen) atoms. The molecule has 0 spiro atoms. The summed E-state index contributed by atoms with van der Waals surface area (Å²) in [6.07, 6.45) is 0.397. The van der Waals surface area contributed by atoms with Gasteiger partial charge in [0.2, 0.25) is 0 Å². The highest BCUT2D eigenvalue weighted by Crippen LogP contribution is 2.17. The Kier molecular flexibility index (Phi) is 2.35. The van der Waals surface area contributed by atoms with E-state index in [1.54, 1.807) is 0 Å². The van der Waals surface area contributed by atoms with Gasteiger partial charge in [0.1, 0.15) is 0 Å². The van der Waals surface area contributed by atoms with Crippen molar-refractivity contribution in [2.24, 2.45) is 5.92 Å². The van der Waals surface area contributed by atoms with Gasteiger partial charge in [0.25, 0.3) is 0 Å². The normalized spacial score (nSPS) is 41.8. The first-order chi connectivity index (χ1) is 5.77. The monoisotopic (exact) mass is 170 g/mol. The van der Waals surface area contributed by atoms with Crippen molar-refractivity contribution in [1.82, 2.24) is 10.6 Å². The van der Waals surface area contributed by atoms with Gasteiger partial charge in [0.15, 0.2) is 0 Å². The van der Waals surface area contributed by atoms with Crippen LogP contribution in [0.25, 0.3) is 0 Å². The molecule has 70 valence electrons. The number of ether oxygens (including phenoxy) is 1. The molecule has 0 aromatic rings. The molecule has 2 heterocycles. The van der Waals surface area contributed by atoms with E-state index in [-0.39, 0.29) is 0 Å². The van der Waals surface area contributed by atoms with Gasteiger partial charge in [-0.15, -0.1) is 0 Å². The van der Waals surface area contributed by atoms with E-state index in [4.69, 9.17) is 4.74 Å². The SMILES string of the molecule is CC(C)C1OCC2CNCC1N2. The van der Waals surface area contributed by atoms with E-state index in [1.165, 1.54) is 0 Å². The summed E-state index contributed by atoms with van der Waals surface area (Å²) in [6, 6.07) is 1.07. The molecule has 3 atom stereocenters. The average Bonchev–Trinajstić information content (AvgIpc) is 2.04. The first kappa shape index (κ1) is 8.48. The van der Waals surface area contributed by atoms with Crippen LogP contribution in [-0.4, -0.2) is 37.9 Å².